The van der Waals surface area contributed by atoms with Gasteiger partial charge in [0.2, 0.25) is 0 Å². The number of aliphatic imine (C=N–C) groups is 1. The summed E-state index contributed by atoms with van der Waals surface area (Å²) in [6.07, 6.45) is 1.02. The van der Waals surface area contributed by atoms with Crippen LogP contribution in [0.15, 0.2) is 38.5 Å². The summed E-state index contributed by atoms with van der Waals surface area (Å²) in [5.41, 5.74) is -0.669. The van der Waals surface area contributed by atoms with Crippen LogP contribution in [0.2, 0.25) is 0 Å². The third-order valence-electron chi connectivity index (χ3n) is 2.60. The highest BCUT2D eigenvalue weighted by atomic mass is 16.4. The maximum atomic E-state index is 11.7. The number of carboxylic acid groups (broad SMARTS) is 1. The van der Waals surface area contributed by atoms with Crippen LogP contribution in [0.3, 0.4) is 0 Å². The van der Waals surface area contributed by atoms with E-state index in [0.717, 1.165) is 6.21 Å². The maximum Gasteiger partial charge on any atom is 0.348 e. The molecule has 0 bridgehead atoms. The molecule has 6 heteroatoms. The minimum Gasteiger partial charge on any atom is -0.506 e. The summed E-state index contributed by atoms with van der Waals surface area (Å²) < 4.78 is 5.01. The molecule has 0 spiro atoms. The number of fused-ring (bicyclic) bond motifs is 1. The standard InChI is InChI=1S/C13H11NO5/c1-7(12(16)17)14-6-9-11(15)8-4-2-3-5-10(8)19-13(9)18/h2-7,15H,1H3,(H,16,17)/t7-/m0/s1. The summed E-state index contributed by atoms with van der Waals surface area (Å²) in [6.45, 7) is 1.36. The number of aliphatic carboxylic acids is 1. The molecule has 98 valence electrons. The van der Waals surface area contributed by atoms with E-state index in [0.29, 0.717) is 5.39 Å². The van der Waals surface area contributed by atoms with E-state index in [9.17, 15) is 14.7 Å². The molecule has 2 N–H and O–H groups in total. The Morgan fingerprint density at radius 2 is 2.11 bits per heavy atom. The number of nitrogens with zero attached hydrogens (tertiary/aromatic N) is 1. The number of para-hydroxylation sites is 1. The number of benzene rings is 1. The lowest BCUT2D eigenvalue weighted by Gasteiger charge is -2.03. The summed E-state index contributed by atoms with van der Waals surface area (Å²) in [5.74, 6) is -1.39. The van der Waals surface area contributed by atoms with Crippen LogP contribution in [-0.4, -0.2) is 28.4 Å². The minimum atomic E-state index is -1.12. The van der Waals surface area contributed by atoms with Crippen molar-refractivity contribution in [2.75, 3.05) is 0 Å². The zero-order chi connectivity index (χ0) is 14.0. The molecule has 1 heterocycles. The molecule has 2 aromatic rings. The third kappa shape index (κ3) is 2.47. The third-order valence-corrected chi connectivity index (χ3v) is 2.60. The van der Waals surface area contributed by atoms with Crippen molar-refractivity contribution >= 4 is 23.2 Å². The zero-order valence-electron chi connectivity index (χ0n) is 10.0. The molecule has 0 saturated heterocycles. The van der Waals surface area contributed by atoms with Crippen LogP contribution in [0.25, 0.3) is 11.0 Å². The van der Waals surface area contributed by atoms with Crippen LogP contribution >= 0.6 is 0 Å². The van der Waals surface area contributed by atoms with E-state index in [4.69, 9.17) is 9.52 Å². The number of hydrogen-bond acceptors (Lipinski definition) is 5. The fourth-order valence-corrected chi connectivity index (χ4v) is 1.51. The van der Waals surface area contributed by atoms with E-state index in [-0.39, 0.29) is 16.9 Å². The lowest BCUT2D eigenvalue weighted by molar-refractivity contribution is -0.137. The quantitative estimate of drug-likeness (QED) is 0.642. The molecule has 2 rings (SSSR count). The Morgan fingerprint density at radius 3 is 2.79 bits per heavy atom. The van der Waals surface area contributed by atoms with Gasteiger partial charge in [-0.1, -0.05) is 12.1 Å². The number of aromatic hydroxyl groups is 1. The van der Waals surface area contributed by atoms with E-state index >= 15 is 0 Å². The summed E-state index contributed by atoms with van der Waals surface area (Å²) >= 11 is 0. The van der Waals surface area contributed by atoms with Gasteiger partial charge in [-0.3, -0.25) is 4.99 Å². The fourth-order valence-electron chi connectivity index (χ4n) is 1.51. The average molecular weight is 261 g/mol. The normalized spacial score (nSPS) is 12.9. The van der Waals surface area contributed by atoms with E-state index in [1.54, 1.807) is 24.3 Å². The lowest BCUT2D eigenvalue weighted by Crippen LogP contribution is -2.15. The summed E-state index contributed by atoms with van der Waals surface area (Å²) in [4.78, 5) is 26.0. The number of carbonyl (C=O) groups is 1. The SMILES string of the molecule is C[C@H](N=Cc1c(O)c2ccccc2oc1=O)C(=O)O. The van der Waals surface area contributed by atoms with Crippen LogP contribution in [0.4, 0.5) is 0 Å². The number of carboxylic acids is 1. The van der Waals surface area contributed by atoms with Crippen LogP contribution in [0.5, 0.6) is 5.75 Å². The van der Waals surface area contributed by atoms with Crippen LogP contribution in [0.1, 0.15) is 12.5 Å². The maximum absolute atomic E-state index is 11.7. The Hall–Kier alpha value is -2.63. The summed E-state index contributed by atoms with van der Waals surface area (Å²) in [6, 6.07) is 5.49. The first-order valence-corrected chi connectivity index (χ1v) is 5.51. The van der Waals surface area contributed by atoms with Gasteiger partial charge in [-0.15, -0.1) is 0 Å². The topological polar surface area (TPSA) is 100 Å². The molecule has 19 heavy (non-hydrogen) atoms. The Balaban J connectivity index is 2.55. The predicted molar refractivity (Wildman–Crippen MR) is 68.8 cm³/mol. The van der Waals surface area contributed by atoms with E-state index in [2.05, 4.69) is 4.99 Å². The predicted octanol–water partition coefficient (Wildman–Crippen LogP) is 1.39. The van der Waals surface area contributed by atoms with Crippen molar-refractivity contribution in [1.82, 2.24) is 0 Å². The van der Waals surface area contributed by atoms with Crippen molar-refractivity contribution in [1.29, 1.82) is 0 Å². The molecule has 1 atom stereocenters. The van der Waals surface area contributed by atoms with Gasteiger partial charge < -0.3 is 14.6 Å². The Kier molecular flexibility index (Phi) is 3.33. The molecular weight excluding hydrogens is 250 g/mol. The molecule has 0 radical (unpaired) electrons. The van der Waals surface area contributed by atoms with Crippen LogP contribution in [0, 0.1) is 0 Å². The first-order chi connectivity index (χ1) is 9.00. The molecule has 1 aromatic carbocycles. The fraction of sp³-hybridized carbons (Fsp3) is 0.154. The molecule has 0 aliphatic heterocycles. The van der Waals surface area contributed by atoms with Gasteiger partial charge in [0.05, 0.1) is 5.39 Å². The molecule has 0 unspecified atom stereocenters. The Bertz CT molecular complexity index is 717. The highest BCUT2D eigenvalue weighted by molar-refractivity contribution is 5.94. The van der Waals surface area contributed by atoms with Gasteiger partial charge >= 0.3 is 11.6 Å². The number of rotatable bonds is 3. The summed E-state index contributed by atoms with van der Waals surface area (Å²) in [5, 5.41) is 19.0. The monoisotopic (exact) mass is 261 g/mol. The van der Waals surface area contributed by atoms with Gasteiger partial charge in [-0.25, -0.2) is 9.59 Å². The minimum absolute atomic E-state index is 0.160. The Labute approximate surface area is 107 Å². The molecule has 0 amide bonds. The van der Waals surface area contributed by atoms with Crippen molar-refractivity contribution < 1.29 is 19.4 Å². The van der Waals surface area contributed by atoms with Gasteiger partial charge in [-0.2, -0.15) is 0 Å². The van der Waals surface area contributed by atoms with Gasteiger partial charge in [0, 0.05) is 6.21 Å². The van der Waals surface area contributed by atoms with E-state index in [1.807, 2.05) is 0 Å². The van der Waals surface area contributed by atoms with Crippen LogP contribution in [-0.2, 0) is 4.79 Å². The highest BCUT2D eigenvalue weighted by Gasteiger charge is 2.13. The van der Waals surface area contributed by atoms with Crippen LogP contribution < -0.4 is 5.63 Å². The second-order valence-electron chi connectivity index (χ2n) is 3.94. The second-order valence-corrected chi connectivity index (χ2v) is 3.94. The molecule has 0 aliphatic rings. The smallest absolute Gasteiger partial charge is 0.348 e. The van der Waals surface area contributed by atoms with Crippen molar-refractivity contribution in [2.45, 2.75) is 13.0 Å². The molecular formula is C13H11NO5. The molecule has 0 aliphatic carbocycles. The molecule has 6 nitrogen and oxygen atoms in total. The average Bonchev–Trinajstić information content (AvgIpc) is 2.38. The zero-order valence-corrected chi connectivity index (χ0v) is 10.0. The molecule has 1 aromatic heterocycles. The van der Waals surface area contributed by atoms with Crippen molar-refractivity contribution in [3.8, 4) is 5.75 Å². The Morgan fingerprint density at radius 1 is 1.42 bits per heavy atom. The first kappa shape index (κ1) is 12.8. The summed E-state index contributed by atoms with van der Waals surface area (Å²) in [7, 11) is 0. The molecule has 0 fully saturated rings. The van der Waals surface area contributed by atoms with E-state index < -0.39 is 17.6 Å². The van der Waals surface area contributed by atoms with Gasteiger partial charge in [0.1, 0.15) is 22.9 Å². The largest absolute Gasteiger partial charge is 0.506 e. The van der Waals surface area contributed by atoms with Crippen molar-refractivity contribution in [3.05, 3.63) is 40.2 Å². The molecule has 0 saturated carbocycles. The van der Waals surface area contributed by atoms with Crippen molar-refractivity contribution in [3.63, 3.8) is 0 Å². The number of hydrogen-bond donors (Lipinski definition) is 2. The van der Waals surface area contributed by atoms with Gasteiger partial charge in [-0.05, 0) is 19.1 Å². The van der Waals surface area contributed by atoms with Crippen molar-refractivity contribution in [2.24, 2.45) is 4.99 Å². The first-order valence-electron chi connectivity index (χ1n) is 5.51. The van der Waals surface area contributed by atoms with Gasteiger partial charge in [0.15, 0.2) is 0 Å². The highest BCUT2D eigenvalue weighted by Crippen LogP contribution is 2.24. The van der Waals surface area contributed by atoms with E-state index in [1.165, 1.54) is 6.92 Å². The van der Waals surface area contributed by atoms with Gasteiger partial charge in [0.25, 0.3) is 0 Å². The second kappa shape index (κ2) is 4.93. The lowest BCUT2D eigenvalue weighted by atomic mass is 10.1.